The maximum atomic E-state index is 4.94. The van der Waals surface area contributed by atoms with E-state index in [2.05, 4.69) is 108 Å². The molecule has 0 bridgehead atoms. The molecular weight excluding hydrogens is 460 g/mol. The second kappa shape index (κ2) is 8.22. The van der Waals surface area contributed by atoms with Gasteiger partial charge in [-0.1, -0.05) is 84.9 Å². The molecule has 1 aliphatic carbocycles. The topological polar surface area (TPSA) is 25.8 Å². The summed E-state index contributed by atoms with van der Waals surface area (Å²) in [4.78, 5) is 9.42. The second-order valence-electron chi connectivity index (χ2n) is 9.84. The molecular formula is C36H22N2. The highest BCUT2D eigenvalue weighted by Gasteiger charge is 2.23. The van der Waals surface area contributed by atoms with Crippen molar-refractivity contribution in [1.29, 1.82) is 0 Å². The fraction of sp³-hybridized carbons (Fsp3) is 0. The molecule has 0 fully saturated rings. The van der Waals surface area contributed by atoms with Crippen LogP contribution in [0.15, 0.2) is 134 Å². The number of pyridine rings is 2. The molecule has 1 aliphatic rings. The maximum Gasteiger partial charge on any atom is 0.0893 e. The molecule has 0 unspecified atom stereocenters. The predicted molar refractivity (Wildman–Crippen MR) is 158 cm³/mol. The van der Waals surface area contributed by atoms with Crippen LogP contribution in [0.1, 0.15) is 0 Å². The molecule has 0 saturated heterocycles. The van der Waals surface area contributed by atoms with Crippen molar-refractivity contribution in [2.75, 3.05) is 0 Å². The first-order valence-electron chi connectivity index (χ1n) is 12.9. The van der Waals surface area contributed by atoms with Gasteiger partial charge in [-0.25, -0.2) is 4.98 Å². The third-order valence-electron chi connectivity index (χ3n) is 7.65. The van der Waals surface area contributed by atoms with Crippen molar-refractivity contribution < 1.29 is 0 Å². The van der Waals surface area contributed by atoms with Gasteiger partial charge in [0.15, 0.2) is 0 Å². The van der Waals surface area contributed by atoms with E-state index in [1.54, 1.807) is 6.20 Å². The van der Waals surface area contributed by atoms with E-state index in [1.807, 2.05) is 24.3 Å². The van der Waals surface area contributed by atoms with E-state index >= 15 is 0 Å². The summed E-state index contributed by atoms with van der Waals surface area (Å²) in [7, 11) is 0. The van der Waals surface area contributed by atoms with Crippen LogP contribution in [0, 0.1) is 0 Å². The number of hydrogen-bond donors (Lipinski definition) is 0. The first kappa shape index (κ1) is 21.0. The Morgan fingerprint density at radius 3 is 1.87 bits per heavy atom. The monoisotopic (exact) mass is 482 g/mol. The zero-order valence-electron chi connectivity index (χ0n) is 20.6. The SMILES string of the molecule is c1ccc(-c2cccc(-c3cccc(-c4ccc5c6c(cccc46)-c4cc6ccccc6cc4-5)c3)n2)nc1. The number of aromatic nitrogens is 2. The Balaban J connectivity index is 1.27. The lowest BCUT2D eigenvalue weighted by atomic mass is 9.93. The van der Waals surface area contributed by atoms with Crippen LogP contribution in [0.4, 0.5) is 0 Å². The molecule has 7 aromatic rings. The summed E-state index contributed by atoms with van der Waals surface area (Å²) < 4.78 is 0. The van der Waals surface area contributed by atoms with Crippen LogP contribution in [0.3, 0.4) is 0 Å². The van der Waals surface area contributed by atoms with Gasteiger partial charge in [-0.15, -0.1) is 0 Å². The molecule has 2 heteroatoms. The molecule has 2 aromatic heterocycles. The smallest absolute Gasteiger partial charge is 0.0893 e. The molecule has 0 spiro atoms. The van der Waals surface area contributed by atoms with Crippen molar-refractivity contribution in [3.63, 3.8) is 0 Å². The van der Waals surface area contributed by atoms with Crippen LogP contribution in [0.25, 0.3) is 77.6 Å². The normalized spacial score (nSPS) is 11.7. The highest BCUT2D eigenvalue weighted by atomic mass is 14.8. The Hall–Kier alpha value is -5.08. The first-order valence-corrected chi connectivity index (χ1v) is 12.9. The van der Waals surface area contributed by atoms with Crippen molar-refractivity contribution in [3.05, 3.63) is 134 Å². The van der Waals surface area contributed by atoms with Crippen molar-refractivity contribution >= 4 is 21.5 Å². The molecule has 8 rings (SSSR count). The average Bonchev–Trinajstić information content (AvgIpc) is 3.31. The molecule has 0 radical (unpaired) electrons. The van der Waals surface area contributed by atoms with Gasteiger partial charge in [0.25, 0.3) is 0 Å². The van der Waals surface area contributed by atoms with E-state index in [-0.39, 0.29) is 0 Å². The zero-order chi connectivity index (χ0) is 25.1. The summed E-state index contributed by atoms with van der Waals surface area (Å²) in [5, 5.41) is 5.19. The first-order chi connectivity index (χ1) is 18.8. The summed E-state index contributed by atoms with van der Waals surface area (Å²) in [6.07, 6.45) is 1.81. The van der Waals surface area contributed by atoms with Crippen LogP contribution in [-0.4, -0.2) is 9.97 Å². The molecule has 2 heterocycles. The largest absolute Gasteiger partial charge is 0.255 e. The third kappa shape index (κ3) is 3.21. The number of nitrogens with zero attached hydrogens (tertiary/aromatic N) is 2. The Kier molecular flexibility index (Phi) is 4.55. The van der Waals surface area contributed by atoms with Crippen LogP contribution in [-0.2, 0) is 0 Å². The minimum Gasteiger partial charge on any atom is -0.255 e. The highest BCUT2D eigenvalue weighted by molar-refractivity contribution is 6.20. The van der Waals surface area contributed by atoms with Crippen molar-refractivity contribution in [3.8, 4) is 56.0 Å². The quantitative estimate of drug-likeness (QED) is 0.251. The van der Waals surface area contributed by atoms with Gasteiger partial charge in [0.1, 0.15) is 0 Å². The van der Waals surface area contributed by atoms with Gasteiger partial charge < -0.3 is 0 Å². The summed E-state index contributed by atoms with van der Waals surface area (Å²) in [6.45, 7) is 0. The second-order valence-corrected chi connectivity index (χ2v) is 9.84. The van der Waals surface area contributed by atoms with Crippen molar-refractivity contribution in [1.82, 2.24) is 9.97 Å². The van der Waals surface area contributed by atoms with Crippen LogP contribution >= 0.6 is 0 Å². The molecule has 5 aromatic carbocycles. The fourth-order valence-electron chi connectivity index (χ4n) is 5.89. The minimum absolute atomic E-state index is 0.879. The molecule has 0 saturated carbocycles. The van der Waals surface area contributed by atoms with E-state index in [0.29, 0.717) is 0 Å². The zero-order valence-corrected chi connectivity index (χ0v) is 20.6. The highest BCUT2D eigenvalue weighted by Crippen LogP contribution is 2.50. The Morgan fingerprint density at radius 2 is 1.05 bits per heavy atom. The number of hydrogen-bond acceptors (Lipinski definition) is 2. The van der Waals surface area contributed by atoms with Gasteiger partial charge in [-0.05, 0) is 97.4 Å². The van der Waals surface area contributed by atoms with E-state index < -0.39 is 0 Å². The predicted octanol–water partition coefficient (Wildman–Crippen LogP) is 9.43. The van der Waals surface area contributed by atoms with E-state index in [1.165, 1.54) is 54.9 Å². The van der Waals surface area contributed by atoms with Crippen LogP contribution < -0.4 is 0 Å². The maximum absolute atomic E-state index is 4.94. The van der Waals surface area contributed by atoms with Crippen molar-refractivity contribution in [2.24, 2.45) is 0 Å². The molecule has 0 atom stereocenters. The Morgan fingerprint density at radius 1 is 0.395 bits per heavy atom. The van der Waals surface area contributed by atoms with Gasteiger partial charge in [-0.2, -0.15) is 0 Å². The van der Waals surface area contributed by atoms with Crippen molar-refractivity contribution in [2.45, 2.75) is 0 Å². The van der Waals surface area contributed by atoms with Gasteiger partial charge in [-0.3, -0.25) is 4.98 Å². The van der Waals surface area contributed by atoms with E-state index in [4.69, 9.17) is 4.98 Å². The van der Waals surface area contributed by atoms with Crippen LogP contribution in [0.2, 0.25) is 0 Å². The average molecular weight is 483 g/mol. The summed E-state index contributed by atoms with van der Waals surface area (Å²) in [5.41, 5.74) is 11.5. The van der Waals surface area contributed by atoms with Gasteiger partial charge in [0, 0.05) is 11.8 Å². The molecule has 176 valence electrons. The standard InChI is InChI=1S/C36H22N2/c1-2-9-24-22-32-30-18-17-27(28-12-6-13-29(36(28)30)31(32)21-23(24)8-1)25-10-5-11-26(20-25)33-15-7-16-35(38-33)34-14-3-4-19-37-34/h1-22H. The molecule has 0 N–H and O–H groups in total. The Labute approximate surface area is 220 Å². The summed E-state index contributed by atoms with van der Waals surface area (Å²) >= 11 is 0. The Bertz CT molecular complexity index is 1970. The molecule has 38 heavy (non-hydrogen) atoms. The number of fused-ring (bicyclic) bond motifs is 4. The fourth-order valence-corrected chi connectivity index (χ4v) is 5.89. The minimum atomic E-state index is 0.879. The third-order valence-corrected chi connectivity index (χ3v) is 7.65. The number of benzene rings is 5. The molecule has 0 aliphatic heterocycles. The lowest BCUT2D eigenvalue weighted by Crippen LogP contribution is -1.90. The number of rotatable bonds is 3. The summed E-state index contributed by atoms with van der Waals surface area (Å²) in [6, 6.07) is 45.4. The van der Waals surface area contributed by atoms with E-state index in [0.717, 1.165) is 22.6 Å². The van der Waals surface area contributed by atoms with Gasteiger partial charge in [0.2, 0.25) is 0 Å². The summed E-state index contributed by atoms with van der Waals surface area (Å²) in [5.74, 6) is 0. The lowest BCUT2D eigenvalue weighted by Gasteiger charge is -2.11. The van der Waals surface area contributed by atoms with Gasteiger partial charge in [0.05, 0.1) is 17.1 Å². The van der Waals surface area contributed by atoms with Crippen LogP contribution in [0.5, 0.6) is 0 Å². The molecule has 0 amide bonds. The molecule has 2 nitrogen and oxygen atoms in total. The van der Waals surface area contributed by atoms with Gasteiger partial charge >= 0.3 is 0 Å². The van der Waals surface area contributed by atoms with E-state index in [9.17, 15) is 0 Å². The lowest BCUT2D eigenvalue weighted by molar-refractivity contribution is 1.25.